The number of rotatable bonds is 4. The average molecular weight is 309 g/mol. The lowest BCUT2D eigenvalue weighted by Gasteiger charge is -2.12. The first-order valence-corrected chi connectivity index (χ1v) is 7.05. The van der Waals surface area contributed by atoms with Crippen molar-refractivity contribution in [3.05, 3.63) is 95.6 Å². The lowest BCUT2D eigenvalue weighted by molar-refractivity contribution is 0.103. The molecule has 0 radical (unpaired) electrons. The molecule has 0 amide bonds. The molecule has 0 saturated carbocycles. The Labute approximate surface area is 132 Å². The molecule has 0 aliphatic carbocycles. The van der Waals surface area contributed by atoms with E-state index in [0.717, 1.165) is 6.07 Å². The van der Waals surface area contributed by atoms with Crippen LogP contribution in [0.3, 0.4) is 0 Å². The molecule has 23 heavy (non-hydrogen) atoms. The highest BCUT2D eigenvalue weighted by atomic mass is 19.1. The number of carbonyl (C=O) groups is 1. The third-order valence-electron chi connectivity index (χ3n) is 3.35. The quantitative estimate of drug-likeness (QED) is 0.692. The fourth-order valence-corrected chi connectivity index (χ4v) is 2.32. The molecule has 0 atom stereocenters. The van der Waals surface area contributed by atoms with Gasteiger partial charge in [0.1, 0.15) is 11.6 Å². The van der Waals surface area contributed by atoms with E-state index in [1.807, 2.05) is 6.07 Å². The van der Waals surface area contributed by atoms with Crippen molar-refractivity contribution in [1.82, 2.24) is 0 Å². The molecular weight excluding hydrogens is 296 g/mol. The maximum Gasteiger partial charge on any atom is 0.195 e. The molecule has 0 bridgehead atoms. The monoisotopic (exact) mass is 309 g/mol. The summed E-state index contributed by atoms with van der Waals surface area (Å²) in [5, 5.41) is 2.90. The van der Waals surface area contributed by atoms with E-state index in [-0.39, 0.29) is 11.5 Å². The first kappa shape index (κ1) is 14.9. The summed E-state index contributed by atoms with van der Waals surface area (Å²) in [6, 6.07) is 18.8. The molecule has 3 aromatic carbocycles. The van der Waals surface area contributed by atoms with Crippen molar-refractivity contribution >= 4 is 17.2 Å². The normalized spacial score (nSPS) is 10.3. The van der Waals surface area contributed by atoms with E-state index in [9.17, 15) is 13.6 Å². The smallest absolute Gasteiger partial charge is 0.195 e. The second kappa shape index (κ2) is 6.40. The summed E-state index contributed by atoms with van der Waals surface area (Å²) in [5.74, 6) is -1.52. The van der Waals surface area contributed by atoms with Crippen LogP contribution in [0.2, 0.25) is 0 Å². The summed E-state index contributed by atoms with van der Waals surface area (Å²) in [7, 11) is 0. The van der Waals surface area contributed by atoms with E-state index >= 15 is 0 Å². The summed E-state index contributed by atoms with van der Waals surface area (Å²) >= 11 is 0. The van der Waals surface area contributed by atoms with Crippen molar-refractivity contribution in [2.45, 2.75) is 0 Å². The van der Waals surface area contributed by atoms with Gasteiger partial charge in [-0.15, -0.1) is 0 Å². The van der Waals surface area contributed by atoms with E-state index in [1.165, 1.54) is 12.1 Å². The molecule has 0 aliphatic rings. The summed E-state index contributed by atoms with van der Waals surface area (Å²) in [4.78, 5) is 12.6. The highest BCUT2D eigenvalue weighted by Crippen LogP contribution is 2.24. The van der Waals surface area contributed by atoms with Crippen LogP contribution in [0.15, 0.2) is 72.8 Å². The molecule has 0 spiro atoms. The third-order valence-corrected chi connectivity index (χ3v) is 3.35. The predicted molar refractivity (Wildman–Crippen MR) is 86.0 cm³/mol. The molecule has 0 fully saturated rings. The number of carbonyl (C=O) groups excluding carboxylic acids is 1. The molecule has 0 unspecified atom stereocenters. The van der Waals surface area contributed by atoms with Gasteiger partial charge in [0, 0.05) is 28.6 Å². The summed E-state index contributed by atoms with van der Waals surface area (Å²) < 4.78 is 26.6. The Balaban J connectivity index is 1.96. The van der Waals surface area contributed by atoms with Gasteiger partial charge in [0.25, 0.3) is 0 Å². The number of para-hydroxylation sites is 1. The molecule has 4 heteroatoms. The molecule has 3 rings (SSSR count). The van der Waals surface area contributed by atoms with Crippen LogP contribution in [0.4, 0.5) is 20.2 Å². The van der Waals surface area contributed by atoms with Crippen molar-refractivity contribution in [2.75, 3.05) is 5.32 Å². The Hall–Kier alpha value is -3.01. The molecule has 0 heterocycles. The Morgan fingerprint density at radius 1 is 0.783 bits per heavy atom. The predicted octanol–water partition coefficient (Wildman–Crippen LogP) is 4.94. The highest BCUT2D eigenvalue weighted by Gasteiger charge is 2.13. The molecule has 114 valence electrons. The Morgan fingerprint density at radius 2 is 1.39 bits per heavy atom. The van der Waals surface area contributed by atoms with Gasteiger partial charge >= 0.3 is 0 Å². The Kier molecular flexibility index (Phi) is 4.15. The first-order valence-electron chi connectivity index (χ1n) is 7.05. The molecule has 2 nitrogen and oxygen atoms in total. The number of benzene rings is 3. The van der Waals surface area contributed by atoms with Gasteiger partial charge in [-0.05, 0) is 24.3 Å². The lowest BCUT2D eigenvalue weighted by atomic mass is 10.0. The minimum atomic E-state index is -0.681. The van der Waals surface area contributed by atoms with Crippen molar-refractivity contribution in [3.63, 3.8) is 0 Å². The zero-order chi connectivity index (χ0) is 16.2. The largest absolute Gasteiger partial charge is 0.355 e. The van der Waals surface area contributed by atoms with Crippen LogP contribution in [0.25, 0.3) is 0 Å². The van der Waals surface area contributed by atoms with Gasteiger partial charge in [-0.3, -0.25) is 4.79 Å². The van der Waals surface area contributed by atoms with Crippen LogP contribution >= 0.6 is 0 Å². The van der Waals surface area contributed by atoms with E-state index in [0.29, 0.717) is 16.8 Å². The minimum absolute atomic E-state index is 0.162. The van der Waals surface area contributed by atoms with Crippen molar-refractivity contribution in [2.24, 2.45) is 0 Å². The van der Waals surface area contributed by atoms with E-state index < -0.39 is 11.6 Å². The van der Waals surface area contributed by atoms with Crippen molar-refractivity contribution in [1.29, 1.82) is 0 Å². The van der Waals surface area contributed by atoms with E-state index in [1.54, 1.807) is 48.5 Å². The van der Waals surface area contributed by atoms with Crippen molar-refractivity contribution in [3.8, 4) is 0 Å². The average Bonchev–Trinajstić information content (AvgIpc) is 2.54. The SMILES string of the molecule is O=C(c1ccccc1)c1ccccc1Nc1cc(F)cc(F)c1. The van der Waals surface area contributed by atoms with Gasteiger partial charge < -0.3 is 5.32 Å². The fourth-order valence-electron chi connectivity index (χ4n) is 2.32. The number of hydrogen-bond donors (Lipinski definition) is 1. The Morgan fingerprint density at radius 3 is 2.09 bits per heavy atom. The third kappa shape index (κ3) is 3.43. The topological polar surface area (TPSA) is 29.1 Å². The van der Waals surface area contributed by atoms with Crippen LogP contribution < -0.4 is 5.32 Å². The van der Waals surface area contributed by atoms with E-state index in [2.05, 4.69) is 5.32 Å². The maximum absolute atomic E-state index is 13.3. The number of nitrogens with one attached hydrogen (secondary N) is 1. The second-order valence-corrected chi connectivity index (χ2v) is 5.02. The number of anilines is 2. The van der Waals surface area contributed by atoms with Crippen LogP contribution in [0.5, 0.6) is 0 Å². The maximum atomic E-state index is 13.3. The number of hydrogen-bond acceptors (Lipinski definition) is 2. The van der Waals surface area contributed by atoms with Gasteiger partial charge in [-0.1, -0.05) is 42.5 Å². The summed E-state index contributed by atoms with van der Waals surface area (Å²) in [6.07, 6.45) is 0. The Bertz CT molecular complexity index is 827. The van der Waals surface area contributed by atoms with Crippen LogP contribution in [-0.4, -0.2) is 5.78 Å². The molecule has 0 aromatic heterocycles. The number of ketones is 1. The zero-order valence-electron chi connectivity index (χ0n) is 12.1. The van der Waals surface area contributed by atoms with Gasteiger partial charge in [0.15, 0.2) is 5.78 Å². The van der Waals surface area contributed by atoms with Crippen LogP contribution in [0.1, 0.15) is 15.9 Å². The zero-order valence-corrected chi connectivity index (χ0v) is 12.1. The summed E-state index contributed by atoms with van der Waals surface area (Å²) in [6.45, 7) is 0. The van der Waals surface area contributed by atoms with Crippen molar-refractivity contribution < 1.29 is 13.6 Å². The fraction of sp³-hybridized carbons (Fsp3) is 0. The van der Waals surface area contributed by atoms with Crippen LogP contribution in [0, 0.1) is 11.6 Å². The minimum Gasteiger partial charge on any atom is -0.355 e. The lowest BCUT2D eigenvalue weighted by Crippen LogP contribution is -2.05. The molecule has 1 N–H and O–H groups in total. The standard InChI is InChI=1S/C19H13F2NO/c20-14-10-15(21)12-16(11-14)22-18-9-5-4-8-17(18)19(23)13-6-2-1-3-7-13/h1-12,22H. The molecular formula is C19H13F2NO. The molecule has 0 saturated heterocycles. The van der Waals surface area contributed by atoms with E-state index in [4.69, 9.17) is 0 Å². The molecule has 0 aliphatic heterocycles. The number of halogens is 2. The van der Waals surface area contributed by atoms with Crippen LogP contribution in [-0.2, 0) is 0 Å². The first-order chi connectivity index (χ1) is 11.1. The van der Waals surface area contributed by atoms with Gasteiger partial charge in [-0.2, -0.15) is 0 Å². The van der Waals surface area contributed by atoms with Gasteiger partial charge in [-0.25, -0.2) is 8.78 Å². The second-order valence-electron chi connectivity index (χ2n) is 5.02. The highest BCUT2D eigenvalue weighted by molar-refractivity contribution is 6.12. The molecule has 3 aromatic rings. The van der Waals surface area contributed by atoms with Gasteiger partial charge in [0.2, 0.25) is 0 Å². The summed E-state index contributed by atoms with van der Waals surface area (Å²) in [5.41, 5.74) is 1.72. The van der Waals surface area contributed by atoms with Gasteiger partial charge in [0.05, 0.1) is 0 Å².